The lowest BCUT2D eigenvalue weighted by Crippen LogP contribution is -2.26. The summed E-state index contributed by atoms with van der Waals surface area (Å²) in [5.41, 5.74) is 0.393. The van der Waals surface area contributed by atoms with Crippen LogP contribution in [0.5, 0.6) is 5.75 Å². The van der Waals surface area contributed by atoms with E-state index < -0.39 is 6.61 Å². The van der Waals surface area contributed by atoms with Crippen LogP contribution in [0.15, 0.2) is 24.3 Å². The van der Waals surface area contributed by atoms with Crippen LogP contribution >= 0.6 is 11.6 Å². The Hall–Kier alpha value is -1.36. The van der Waals surface area contributed by atoms with Crippen molar-refractivity contribution in [3.05, 3.63) is 29.8 Å². The van der Waals surface area contributed by atoms with Crippen molar-refractivity contribution < 1.29 is 18.3 Å². The van der Waals surface area contributed by atoms with Crippen LogP contribution in [0, 0.1) is 0 Å². The van der Waals surface area contributed by atoms with E-state index in [1.165, 1.54) is 24.3 Å². The lowest BCUT2D eigenvalue weighted by Gasteiger charge is -2.09. The minimum Gasteiger partial charge on any atom is -0.435 e. The van der Waals surface area contributed by atoms with Crippen molar-refractivity contribution in [1.29, 1.82) is 0 Å². The quantitative estimate of drug-likeness (QED) is 0.782. The van der Waals surface area contributed by atoms with Crippen LogP contribution in [-0.4, -0.2) is 24.4 Å². The monoisotopic (exact) mass is 291 g/mol. The number of hydrogen-bond acceptors (Lipinski definition) is 2. The van der Waals surface area contributed by atoms with E-state index in [9.17, 15) is 13.6 Å². The fraction of sp³-hybridized carbons (Fsp3) is 0.462. The number of benzene rings is 1. The van der Waals surface area contributed by atoms with Crippen molar-refractivity contribution in [2.75, 3.05) is 6.54 Å². The molecule has 1 aromatic carbocycles. The molecule has 0 radical (unpaired) electrons. The Bertz CT molecular complexity index is 398. The van der Waals surface area contributed by atoms with Crippen LogP contribution in [0.2, 0.25) is 0 Å². The first-order valence-corrected chi connectivity index (χ1v) is 6.43. The van der Waals surface area contributed by atoms with Gasteiger partial charge in [-0.2, -0.15) is 8.78 Å². The molecule has 3 nitrogen and oxygen atoms in total. The lowest BCUT2D eigenvalue weighted by atomic mass is 10.2. The summed E-state index contributed by atoms with van der Waals surface area (Å²) in [6.45, 7) is -0.411. The highest BCUT2D eigenvalue weighted by molar-refractivity contribution is 6.20. The zero-order valence-electron chi connectivity index (χ0n) is 10.5. The van der Waals surface area contributed by atoms with E-state index in [1.807, 2.05) is 6.92 Å². The molecule has 0 aliphatic carbocycles. The van der Waals surface area contributed by atoms with E-state index in [-0.39, 0.29) is 17.0 Å². The molecule has 1 amide bonds. The average molecular weight is 292 g/mol. The molecule has 0 aliphatic heterocycles. The number of rotatable bonds is 7. The molecular formula is C13H16ClF2NO2. The molecule has 0 spiro atoms. The van der Waals surface area contributed by atoms with E-state index in [2.05, 4.69) is 10.1 Å². The lowest BCUT2D eigenvalue weighted by molar-refractivity contribution is -0.0498. The second-order valence-electron chi connectivity index (χ2n) is 3.95. The summed E-state index contributed by atoms with van der Waals surface area (Å²) in [5.74, 6) is -0.234. The molecule has 0 saturated heterocycles. The predicted octanol–water partition coefficient (Wildman–Crippen LogP) is 3.43. The zero-order valence-corrected chi connectivity index (χ0v) is 11.3. The summed E-state index contributed by atoms with van der Waals surface area (Å²) in [4.78, 5) is 11.7. The van der Waals surface area contributed by atoms with Crippen molar-refractivity contribution in [2.24, 2.45) is 0 Å². The Labute approximate surface area is 115 Å². The van der Waals surface area contributed by atoms with Gasteiger partial charge in [-0.15, -0.1) is 11.6 Å². The Morgan fingerprint density at radius 3 is 2.53 bits per heavy atom. The molecular weight excluding hydrogens is 276 g/mol. The van der Waals surface area contributed by atoms with E-state index >= 15 is 0 Å². The Balaban J connectivity index is 2.44. The number of alkyl halides is 3. The van der Waals surface area contributed by atoms with Crippen LogP contribution in [0.1, 0.15) is 30.1 Å². The Morgan fingerprint density at radius 1 is 1.37 bits per heavy atom. The molecule has 1 unspecified atom stereocenters. The molecule has 106 valence electrons. The molecule has 0 heterocycles. The molecule has 1 rings (SSSR count). The fourth-order valence-corrected chi connectivity index (χ4v) is 1.55. The third-order valence-electron chi connectivity index (χ3n) is 2.53. The van der Waals surface area contributed by atoms with Gasteiger partial charge in [-0.1, -0.05) is 6.92 Å². The van der Waals surface area contributed by atoms with Crippen LogP contribution in [-0.2, 0) is 0 Å². The Morgan fingerprint density at radius 2 is 2.00 bits per heavy atom. The maximum atomic E-state index is 11.9. The predicted molar refractivity (Wildman–Crippen MR) is 70.0 cm³/mol. The summed E-state index contributed by atoms with van der Waals surface area (Å²) in [5, 5.41) is 2.76. The van der Waals surface area contributed by atoms with Crippen LogP contribution in [0.25, 0.3) is 0 Å². The van der Waals surface area contributed by atoms with Gasteiger partial charge in [-0.05, 0) is 37.1 Å². The van der Waals surface area contributed by atoms with E-state index in [0.29, 0.717) is 18.5 Å². The van der Waals surface area contributed by atoms with Gasteiger partial charge in [-0.25, -0.2) is 0 Å². The highest BCUT2D eigenvalue weighted by Gasteiger charge is 2.08. The van der Waals surface area contributed by atoms with Gasteiger partial charge in [0.1, 0.15) is 5.75 Å². The molecule has 0 saturated carbocycles. The molecule has 19 heavy (non-hydrogen) atoms. The molecule has 0 bridgehead atoms. The molecule has 1 N–H and O–H groups in total. The van der Waals surface area contributed by atoms with E-state index in [1.54, 1.807) is 0 Å². The first-order valence-electron chi connectivity index (χ1n) is 6.00. The minimum absolute atomic E-state index is 0.0263. The highest BCUT2D eigenvalue weighted by Crippen LogP contribution is 2.14. The largest absolute Gasteiger partial charge is 0.435 e. The standard InChI is InChI=1S/C13H16ClF2NO2/c1-2-10(14)7-8-17-12(18)9-3-5-11(6-4-9)19-13(15)16/h3-6,10,13H,2,7-8H2,1H3,(H,17,18). The zero-order chi connectivity index (χ0) is 14.3. The van der Waals surface area contributed by atoms with E-state index in [0.717, 1.165) is 6.42 Å². The van der Waals surface area contributed by atoms with Gasteiger partial charge in [-0.3, -0.25) is 4.79 Å². The van der Waals surface area contributed by atoms with Gasteiger partial charge in [0.15, 0.2) is 0 Å². The second kappa shape index (κ2) is 7.94. The summed E-state index contributed by atoms with van der Waals surface area (Å²) < 4.78 is 28.1. The first kappa shape index (κ1) is 15.7. The number of ether oxygens (including phenoxy) is 1. The average Bonchev–Trinajstić information content (AvgIpc) is 2.38. The molecule has 6 heteroatoms. The SMILES string of the molecule is CCC(Cl)CCNC(=O)c1ccc(OC(F)F)cc1. The van der Waals surface area contributed by atoms with Gasteiger partial charge in [0.25, 0.3) is 5.91 Å². The van der Waals surface area contributed by atoms with Gasteiger partial charge in [0, 0.05) is 17.5 Å². The van der Waals surface area contributed by atoms with Gasteiger partial charge >= 0.3 is 6.61 Å². The number of hydrogen-bond donors (Lipinski definition) is 1. The van der Waals surface area contributed by atoms with Crippen LogP contribution in [0.3, 0.4) is 0 Å². The summed E-state index contributed by atoms with van der Waals surface area (Å²) in [6, 6.07) is 5.53. The number of halogens is 3. The van der Waals surface area contributed by atoms with Crippen LogP contribution in [0.4, 0.5) is 8.78 Å². The minimum atomic E-state index is -2.87. The van der Waals surface area contributed by atoms with Crippen molar-refractivity contribution >= 4 is 17.5 Å². The third kappa shape index (κ3) is 5.87. The van der Waals surface area contributed by atoms with Crippen molar-refractivity contribution in [1.82, 2.24) is 5.32 Å². The van der Waals surface area contributed by atoms with Crippen LogP contribution < -0.4 is 10.1 Å². The van der Waals surface area contributed by atoms with Crippen molar-refractivity contribution in [3.63, 3.8) is 0 Å². The van der Waals surface area contributed by atoms with Gasteiger partial charge < -0.3 is 10.1 Å². The maximum Gasteiger partial charge on any atom is 0.387 e. The fourth-order valence-electron chi connectivity index (χ4n) is 1.44. The number of amides is 1. The number of carbonyl (C=O) groups excluding carboxylic acids is 1. The topological polar surface area (TPSA) is 38.3 Å². The molecule has 0 fully saturated rings. The van der Waals surface area contributed by atoms with Gasteiger partial charge in [0.05, 0.1) is 0 Å². The summed E-state index contributed by atoms with van der Waals surface area (Å²) in [7, 11) is 0. The normalized spacial score (nSPS) is 12.3. The first-order chi connectivity index (χ1) is 9.02. The molecule has 0 aromatic heterocycles. The smallest absolute Gasteiger partial charge is 0.387 e. The Kier molecular flexibility index (Phi) is 6.56. The molecule has 0 aliphatic rings. The van der Waals surface area contributed by atoms with Crippen molar-refractivity contribution in [3.8, 4) is 5.75 Å². The number of nitrogens with one attached hydrogen (secondary N) is 1. The van der Waals surface area contributed by atoms with Gasteiger partial charge in [0.2, 0.25) is 0 Å². The maximum absolute atomic E-state index is 11.9. The molecule has 1 aromatic rings. The number of carbonyl (C=O) groups is 1. The highest BCUT2D eigenvalue weighted by atomic mass is 35.5. The molecule has 1 atom stereocenters. The van der Waals surface area contributed by atoms with E-state index in [4.69, 9.17) is 11.6 Å². The summed E-state index contributed by atoms with van der Waals surface area (Å²) >= 11 is 5.93. The second-order valence-corrected chi connectivity index (χ2v) is 4.57. The summed E-state index contributed by atoms with van der Waals surface area (Å²) in [6.07, 6.45) is 1.54. The van der Waals surface area contributed by atoms with Crippen molar-refractivity contribution in [2.45, 2.75) is 31.8 Å². The third-order valence-corrected chi connectivity index (χ3v) is 3.05.